The third-order valence-corrected chi connectivity index (χ3v) is 2.85. The molecule has 0 radical (unpaired) electrons. The highest BCUT2D eigenvalue weighted by Gasteiger charge is 2.05. The van der Waals surface area contributed by atoms with Gasteiger partial charge in [0, 0.05) is 35.8 Å². The highest BCUT2D eigenvalue weighted by Crippen LogP contribution is 2.19. The minimum absolute atomic E-state index is 0.169. The van der Waals surface area contributed by atoms with Gasteiger partial charge in [-0.25, -0.2) is 18.7 Å². The van der Waals surface area contributed by atoms with E-state index in [-0.39, 0.29) is 17.2 Å². The Kier molecular flexibility index (Phi) is 3.61. The Morgan fingerprint density at radius 3 is 2.55 bits per heavy atom. The van der Waals surface area contributed by atoms with Crippen LogP contribution in [-0.4, -0.2) is 15.0 Å². The van der Waals surface area contributed by atoms with E-state index in [0.717, 1.165) is 18.2 Å². The van der Waals surface area contributed by atoms with Gasteiger partial charge in [-0.2, -0.15) is 0 Å². The summed E-state index contributed by atoms with van der Waals surface area (Å²) >= 11 is 0. The molecule has 0 saturated heterocycles. The number of hydrogen-bond acceptors (Lipinski definition) is 4. The molecule has 1 aromatic carbocycles. The van der Waals surface area contributed by atoms with Gasteiger partial charge in [0.15, 0.2) is 0 Å². The first-order valence-electron chi connectivity index (χ1n) is 6.35. The molecule has 2 aromatic heterocycles. The monoisotopic (exact) mass is 300 g/mol. The quantitative estimate of drug-likeness (QED) is 0.780. The number of H-pyrrole nitrogens is 1. The Labute approximate surface area is 123 Å². The molecule has 22 heavy (non-hydrogen) atoms. The van der Waals surface area contributed by atoms with Crippen molar-refractivity contribution in [2.75, 3.05) is 5.32 Å². The molecule has 0 aliphatic rings. The Balaban J connectivity index is 1.92. The lowest BCUT2D eigenvalue weighted by atomic mass is 10.2. The van der Waals surface area contributed by atoms with Gasteiger partial charge < -0.3 is 10.3 Å². The van der Waals surface area contributed by atoms with E-state index in [1.807, 2.05) is 0 Å². The number of nitrogens with zero attached hydrogens (tertiary/aromatic N) is 2. The van der Waals surface area contributed by atoms with Crippen molar-refractivity contribution < 1.29 is 8.78 Å². The van der Waals surface area contributed by atoms with E-state index in [0.29, 0.717) is 11.3 Å². The summed E-state index contributed by atoms with van der Waals surface area (Å²) in [6.45, 7) is 0. The van der Waals surface area contributed by atoms with E-state index in [9.17, 15) is 13.6 Å². The van der Waals surface area contributed by atoms with E-state index in [1.54, 1.807) is 12.1 Å². The topological polar surface area (TPSA) is 70.7 Å². The molecule has 110 valence electrons. The number of aromatic amines is 1. The lowest BCUT2D eigenvalue weighted by Crippen LogP contribution is -2.03. The Bertz CT molecular complexity index is 859. The number of anilines is 2. The molecule has 0 bridgehead atoms. The van der Waals surface area contributed by atoms with Gasteiger partial charge >= 0.3 is 0 Å². The van der Waals surface area contributed by atoms with Gasteiger partial charge in [0.05, 0.1) is 5.69 Å². The molecule has 0 aliphatic carbocycles. The maximum Gasteiger partial charge on any atom is 0.248 e. The van der Waals surface area contributed by atoms with Crippen LogP contribution in [0.2, 0.25) is 0 Å². The van der Waals surface area contributed by atoms with Gasteiger partial charge in [0.25, 0.3) is 0 Å². The molecule has 3 aromatic rings. The number of aromatic nitrogens is 3. The van der Waals surface area contributed by atoms with Gasteiger partial charge in [-0.1, -0.05) is 0 Å². The SMILES string of the molecule is O=c1cc(-c2ccnc(Nc3cc(F)cc(F)c3)n2)cc[nH]1. The lowest BCUT2D eigenvalue weighted by molar-refractivity contribution is 0.584. The van der Waals surface area contributed by atoms with Crippen LogP contribution in [-0.2, 0) is 0 Å². The van der Waals surface area contributed by atoms with Gasteiger partial charge in [0.2, 0.25) is 11.5 Å². The fourth-order valence-electron chi connectivity index (χ4n) is 1.94. The molecule has 0 spiro atoms. The predicted molar refractivity (Wildman–Crippen MR) is 77.7 cm³/mol. The molecule has 0 unspecified atom stereocenters. The van der Waals surface area contributed by atoms with Crippen molar-refractivity contribution in [1.29, 1.82) is 0 Å². The van der Waals surface area contributed by atoms with Crippen LogP contribution in [0.4, 0.5) is 20.4 Å². The molecule has 2 heterocycles. The van der Waals surface area contributed by atoms with E-state index in [4.69, 9.17) is 0 Å². The normalized spacial score (nSPS) is 10.5. The van der Waals surface area contributed by atoms with E-state index in [2.05, 4.69) is 20.3 Å². The molecule has 2 N–H and O–H groups in total. The molecule has 0 amide bonds. The van der Waals surface area contributed by atoms with E-state index < -0.39 is 11.6 Å². The van der Waals surface area contributed by atoms with Crippen molar-refractivity contribution >= 4 is 11.6 Å². The molecule has 5 nitrogen and oxygen atoms in total. The van der Waals surface area contributed by atoms with Crippen LogP contribution in [0, 0.1) is 11.6 Å². The zero-order chi connectivity index (χ0) is 15.5. The Hall–Kier alpha value is -3.09. The smallest absolute Gasteiger partial charge is 0.248 e. The van der Waals surface area contributed by atoms with Crippen molar-refractivity contribution in [1.82, 2.24) is 15.0 Å². The second kappa shape index (κ2) is 5.72. The fraction of sp³-hybridized carbons (Fsp3) is 0. The number of benzene rings is 1. The number of pyridine rings is 1. The van der Waals surface area contributed by atoms with Gasteiger partial charge in [-0.3, -0.25) is 4.79 Å². The molecule has 3 rings (SSSR count). The van der Waals surface area contributed by atoms with Crippen molar-refractivity contribution in [2.45, 2.75) is 0 Å². The molecule has 0 atom stereocenters. The predicted octanol–water partition coefficient (Wildman–Crippen LogP) is 2.85. The van der Waals surface area contributed by atoms with E-state index in [1.165, 1.54) is 18.5 Å². The lowest BCUT2D eigenvalue weighted by Gasteiger charge is -2.07. The van der Waals surface area contributed by atoms with Crippen LogP contribution in [0.25, 0.3) is 11.3 Å². The second-order valence-corrected chi connectivity index (χ2v) is 4.49. The van der Waals surface area contributed by atoms with Crippen molar-refractivity contribution in [3.05, 3.63) is 70.8 Å². The second-order valence-electron chi connectivity index (χ2n) is 4.49. The van der Waals surface area contributed by atoms with Crippen molar-refractivity contribution in [2.24, 2.45) is 0 Å². The summed E-state index contributed by atoms with van der Waals surface area (Å²) in [5.74, 6) is -1.23. The average Bonchev–Trinajstić information content (AvgIpc) is 2.46. The third-order valence-electron chi connectivity index (χ3n) is 2.85. The Morgan fingerprint density at radius 1 is 1.05 bits per heavy atom. The largest absolute Gasteiger partial charge is 0.329 e. The first kappa shape index (κ1) is 13.9. The molecular formula is C15H10F2N4O. The summed E-state index contributed by atoms with van der Waals surface area (Å²) < 4.78 is 26.3. The highest BCUT2D eigenvalue weighted by atomic mass is 19.1. The van der Waals surface area contributed by atoms with Crippen LogP contribution in [0.3, 0.4) is 0 Å². The average molecular weight is 300 g/mol. The van der Waals surface area contributed by atoms with Crippen LogP contribution >= 0.6 is 0 Å². The maximum absolute atomic E-state index is 13.2. The summed E-state index contributed by atoms with van der Waals surface area (Å²) in [6, 6.07) is 7.76. The summed E-state index contributed by atoms with van der Waals surface area (Å²) in [5, 5.41) is 2.72. The Morgan fingerprint density at radius 2 is 1.82 bits per heavy atom. The van der Waals surface area contributed by atoms with Crippen LogP contribution < -0.4 is 10.9 Å². The summed E-state index contributed by atoms with van der Waals surface area (Å²) in [4.78, 5) is 22.0. The minimum atomic E-state index is -0.701. The van der Waals surface area contributed by atoms with Crippen LogP contribution in [0.15, 0.2) is 53.6 Å². The number of rotatable bonds is 3. The molecule has 7 heteroatoms. The fourth-order valence-corrected chi connectivity index (χ4v) is 1.94. The third kappa shape index (κ3) is 3.14. The highest BCUT2D eigenvalue weighted by molar-refractivity contribution is 5.61. The number of nitrogens with one attached hydrogen (secondary N) is 2. The molecule has 0 aliphatic heterocycles. The standard InChI is InChI=1S/C15H10F2N4O/c16-10-6-11(17)8-12(7-10)20-15-19-4-2-13(21-15)9-1-3-18-14(22)5-9/h1-8H,(H,18,22)(H,19,20,21). The molecule has 0 fully saturated rings. The van der Waals surface area contributed by atoms with Crippen LogP contribution in [0.1, 0.15) is 0 Å². The van der Waals surface area contributed by atoms with Crippen LogP contribution in [0.5, 0.6) is 0 Å². The maximum atomic E-state index is 13.2. The summed E-state index contributed by atoms with van der Waals surface area (Å²) in [7, 11) is 0. The summed E-state index contributed by atoms with van der Waals surface area (Å²) in [5.41, 5.74) is 1.07. The first-order chi connectivity index (χ1) is 10.6. The molecular weight excluding hydrogens is 290 g/mol. The zero-order valence-corrected chi connectivity index (χ0v) is 11.2. The number of hydrogen-bond donors (Lipinski definition) is 2. The van der Waals surface area contributed by atoms with Gasteiger partial charge in [-0.05, 0) is 24.3 Å². The van der Waals surface area contributed by atoms with Crippen molar-refractivity contribution in [3.8, 4) is 11.3 Å². The summed E-state index contributed by atoms with van der Waals surface area (Å²) in [6.07, 6.45) is 3.00. The molecule has 0 saturated carbocycles. The van der Waals surface area contributed by atoms with Gasteiger partial charge in [-0.15, -0.1) is 0 Å². The van der Waals surface area contributed by atoms with E-state index >= 15 is 0 Å². The first-order valence-corrected chi connectivity index (χ1v) is 6.35. The van der Waals surface area contributed by atoms with Crippen molar-refractivity contribution in [3.63, 3.8) is 0 Å². The van der Waals surface area contributed by atoms with Gasteiger partial charge in [0.1, 0.15) is 11.6 Å². The zero-order valence-electron chi connectivity index (χ0n) is 11.2. The minimum Gasteiger partial charge on any atom is -0.329 e. The number of halogens is 2.